The van der Waals surface area contributed by atoms with Crippen LogP contribution in [0.4, 0.5) is 0 Å². The fourth-order valence-corrected chi connectivity index (χ4v) is 0.633. The number of benzene rings is 1. The van der Waals surface area contributed by atoms with E-state index in [1.54, 1.807) is 12.1 Å². The van der Waals surface area contributed by atoms with Crippen molar-refractivity contribution in [2.75, 3.05) is 6.79 Å². The van der Waals surface area contributed by atoms with E-state index in [0.29, 0.717) is 0 Å². The molecule has 0 aromatic heterocycles. The third-order valence-electron chi connectivity index (χ3n) is 1.06. The molecule has 0 saturated heterocycles. The van der Waals surface area contributed by atoms with Crippen molar-refractivity contribution in [1.29, 1.82) is 0 Å². The third kappa shape index (κ3) is 1.39. The topological polar surface area (TPSA) is 49.0 Å². The predicted molar refractivity (Wildman–Crippen MR) is 32.8 cm³/mol. The van der Waals surface area contributed by atoms with Crippen molar-refractivity contribution in [3.8, 4) is 11.5 Å². The van der Waals surface area contributed by atoms with Gasteiger partial charge in [0.1, 0.15) is 0 Å². The van der Waals surface area contributed by atoms with Gasteiger partial charge in [0.25, 0.3) is 0 Å². The van der Waals surface area contributed by atoms with Crippen molar-refractivity contribution >= 4 is 0 Å². The van der Waals surface area contributed by atoms with Crippen molar-refractivity contribution in [3.05, 3.63) is 24.3 Å². The Balaban J connectivity index is 2.81. The highest BCUT2D eigenvalue weighted by atomic mass is 16.6. The number of hydrogen-bond acceptors (Lipinski definition) is 1. The van der Waals surface area contributed by atoms with Crippen LogP contribution >= 0.6 is 0 Å². The molecule has 1 rings (SSSR count). The Hall–Kier alpha value is -1.22. The zero-order valence-electron chi connectivity index (χ0n) is 5.24. The molecule has 3 nitrogen and oxygen atoms in total. The summed E-state index contributed by atoms with van der Waals surface area (Å²) in [4.78, 5) is 0. The molecule has 0 bridgehead atoms. The average molecular weight is 138 g/mol. The molecular formula is C7H6O3. The van der Waals surface area contributed by atoms with Gasteiger partial charge in [0.2, 0.25) is 12.5 Å². The fourth-order valence-electron chi connectivity index (χ4n) is 0.633. The van der Waals surface area contributed by atoms with Gasteiger partial charge in [0, 0.05) is 0 Å². The Morgan fingerprint density at radius 2 is 2.00 bits per heavy atom. The molecule has 0 saturated carbocycles. The van der Waals surface area contributed by atoms with Gasteiger partial charge in [0.15, 0.2) is 5.75 Å². The summed E-state index contributed by atoms with van der Waals surface area (Å²) in [5.74, 6) is -0.129. The molecule has 52 valence electrons. The number of para-hydroxylation sites is 2. The second-order valence-electron chi connectivity index (χ2n) is 1.71. The maximum Gasteiger partial charge on any atom is 0.221 e. The number of hydrogen-bond donors (Lipinski definition) is 0. The normalized spacial score (nSPS) is 9.30. The average Bonchev–Trinajstić information content (AvgIpc) is 1.94. The Morgan fingerprint density at radius 3 is 2.60 bits per heavy atom. The van der Waals surface area contributed by atoms with Gasteiger partial charge in [-0.2, -0.15) is 5.11 Å². The Labute approximate surface area is 58.5 Å². The van der Waals surface area contributed by atoms with Crippen LogP contribution < -0.4 is 4.74 Å². The minimum Gasteiger partial charge on any atom is -0.461 e. The predicted octanol–water partition coefficient (Wildman–Crippen LogP) is 1.60. The Morgan fingerprint density at radius 1 is 1.30 bits per heavy atom. The fraction of sp³-hybridized carbons (Fsp3) is 0.143. The first-order valence-electron chi connectivity index (χ1n) is 2.81. The van der Waals surface area contributed by atoms with Gasteiger partial charge in [-0.25, -0.2) is 0 Å². The van der Waals surface area contributed by atoms with E-state index in [-0.39, 0.29) is 11.5 Å². The van der Waals surface area contributed by atoms with Gasteiger partial charge in [-0.3, -0.25) is 5.11 Å². The lowest BCUT2D eigenvalue weighted by Crippen LogP contribution is -1.92. The van der Waals surface area contributed by atoms with Crippen molar-refractivity contribution in [1.82, 2.24) is 0 Å². The van der Waals surface area contributed by atoms with E-state index < -0.39 is 6.79 Å². The summed E-state index contributed by atoms with van der Waals surface area (Å²) >= 11 is 0. The van der Waals surface area contributed by atoms with Crippen LogP contribution in [0.5, 0.6) is 11.5 Å². The highest BCUT2D eigenvalue weighted by Gasteiger charge is 1.99. The van der Waals surface area contributed by atoms with Gasteiger partial charge >= 0.3 is 0 Å². The van der Waals surface area contributed by atoms with Gasteiger partial charge in [-0.15, -0.1) is 0 Å². The van der Waals surface area contributed by atoms with Gasteiger partial charge in [0.05, 0.1) is 0 Å². The molecule has 0 spiro atoms. The minimum absolute atomic E-state index is 0.123. The summed E-state index contributed by atoms with van der Waals surface area (Å²) in [6.45, 7) is -0.709. The Kier molecular flexibility index (Phi) is 2.12. The molecule has 0 atom stereocenters. The summed E-state index contributed by atoms with van der Waals surface area (Å²) < 4.78 is 4.47. The minimum atomic E-state index is -0.709. The van der Waals surface area contributed by atoms with Crippen LogP contribution in [0.1, 0.15) is 0 Å². The van der Waals surface area contributed by atoms with Crippen molar-refractivity contribution < 1.29 is 14.9 Å². The third-order valence-corrected chi connectivity index (χ3v) is 1.06. The highest BCUT2D eigenvalue weighted by molar-refractivity contribution is 5.37. The van der Waals surface area contributed by atoms with Crippen LogP contribution in [-0.4, -0.2) is 6.79 Å². The molecule has 3 heteroatoms. The van der Waals surface area contributed by atoms with E-state index in [9.17, 15) is 10.2 Å². The smallest absolute Gasteiger partial charge is 0.221 e. The lowest BCUT2D eigenvalue weighted by molar-refractivity contribution is 0.0347. The maximum absolute atomic E-state index is 10.7. The molecule has 0 unspecified atom stereocenters. The van der Waals surface area contributed by atoms with Crippen LogP contribution in [0.3, 0.4) is 0 Å². The standard InChI is InChI=1S/C7H6O3/c8-5-10-7-4-2-1-3-6(7)9/h1-4H,5H2. The molecule has 0 aliphatic heterocycles. The molecule has 2 radical (unpaired) electrons. The lowest BCUT2D eigenvalue weighted by Gasteiger charge is -1.99. The van der Waals surface area contributed by atoms with Crippen LogP contribution in [0.2, 0.25) is 0 Å². The van der Waals surface area contributed by atoms with E-state index in [2.05, 4.69) is 4.74 Å². The molecule has 10 heavy (non-hydrogen) atoms. The lowest BCUT2D eigenvalue weighted by atomic mass is 10.3. The second-order valence-corrected chi connectivity index (χ2v) is 1.71. The highest BCUT2D eigenvalue weighted by Crippen LogP contribution is 2.24. The maximum atomic E-state index is 10.7. The van der Waals surface area contributed by atoms with E-state index in [1.165, 1.54) is 12.1 Å². The SMILES string of the molecule is [O]COc1ccccc1[O]. The molecule has 0 aliphatic rings. The summed E-state index contributed by atoms with van der Waals surface area (Å²) in [5.41, 5.74) is 0. The Bertz CT molecular complexity index is 210. The molecule has 1 aromatic carbocycles. The van der Waals surface area contributed by atoms with Crippen LogP contribution in [0.15, 0.2) is 24.3 Å². The molecular weight excluding hydrogens is 132 g/mol. The van der Waals surface area contributed by atoms with Crippen molar-refractivity contribution in [2.24, 2.45) is 0 Å². The number of rotatable bonds is 2. The van der Waals surface area contributed by atoms with Gasteiger partial charge in [-0.1, -0.05) is 12.1 Å². The van der Waals surface area contributed by atoms with Crippen molar-refractivity contribution in [2.45, 2.75) is 0 Å². The molecule has 0 fully saturated rings. The van der Waals surface area contributed by atoms with Crippen LogP contribution in [0, 0.1) is 0 Å². The molecule has 0 aliphatic carbocycles. The first kappa shape index (κ1) is 6.89. The second kappa shape index (κ2) is 3.08. The number of ether oxygens (including phenoxy) is 1. The molecule has 0 amide bonds. The largest absolute Gasteiger partial charge is 0.461 e. The monoisotopic (exact) mass is 138 g/mol. The van der Waals surface area contributed by atoms with E-state index in [4.69, 9.17) is 0 Å². The zero-order valence-corrected chi connectivity index (χ0v) is 5.24. The molecule has 0 N–H and O–H groups in total. The first-order valence-corrected chi connectivity index (χ1v) is 2.81. The van der Waals surface area contributed by atoms with Gasteiger partial charge in [-0.05, 0) is 12.1 Å². The van der Waals surface area contributed by atoms with Crippen molar-refractivity contribution in [3.63, 3.8) is 0 Å². The van der Waals surface area contributed by atoms with Gasteiger partial charge < -0.3 is 4.74 Å². The van der Waals surface area contributed by atoms with Crippen LogP contribution in [0.25, 0.3) is 0 Å². The van der Waals surface area contributed by atoms with E-state index in [0.717, 1.165) is 0 Å². The first-order chi connectivity index (χ1) is 4.84. The molecule has 0 heterocycles. The summed E-state index contributed by atoms with van der Waals surface area (Å²) in [6, 6.07) is 6.07. The molecule has 1 aromatic rings. The van der Waals surface area contributed by atoms with E-state index >= 15 is 0 Å². The summed E-state index contributed by atoms with van der Waals surface area (Å²) in [5, 5.41) is 20.6. The quantitative estimate of drug-likeness (QED) is 0.572. The summed E-state index contributed by atoms with van der Waals surface area (Å²) in [6.07, 6.45) is 0. The zero-order chi connectivity index (χ0) is 7.40. The van der Waals surface area contributed by atoms with Crippen LogP contribution in [-0.2, 0) is 10.2 Å². The summed E-state index contributed by atoms with van der Waals surface area (Å²) in [7, 11) is 0. The van der Waals surface area contributed by atoms with E-state index in [1.807, 2.05) is 0 Å².